The van der Waals surface area contributed by atoms with E-state index >= 15 is 0 Å². The SMILES string of the molecule is CCOC(=O)C1CCCN(CCOc2cccc(Br)c2)C1. The second-order valence-corrected chi connectivity index (χ2v) is 6.11. The van der Waals surface area contributed by atoms with Crippen LogP contribution in [0, 0.1) is 5.92 Å². The zero-order chi connectivity index (χ0) is 15.1. The van der Waals surface area contributed by atoms with Crippen molar-refractivity contribution >= 4 is 21.9 Å². The van der Waals surface area contributed by atoms with Crippen LogP contribution < -0.4 is 4.74 Å². The number of ether oxygens (including phenoxy) is 2. The summed E-state index contributed by atoms with van der Waals surface area (Å²) in [7, 11) is 0. The van der Waals surface area contributed by atoms with Gasteiger partial charge >= 0.3 is 5.97 Å². The van der Waals surface area contributed by atoms with Crippen LogP contribution in [0.5, 0.6) is 5.75 Å². The predicted molar refractivity (Wildman–Crippen MR) is 85.4 cm³/mol. The third kappa shape index (κ3) is 5.32. The number of likely N-dealkylation sites (tertiary alicyclic amines) is 1. The minimum atomic E-state index is -0.0601. The zero-order valence-electron chi connectivity index (χ0n) is 12.4. The van der Waals surface area contributed by atoms with E-state index in [9.17, 15) is 4.79 Å². The van der Waals surface area contributed by atoms with E-state index in [-0.39, 0.29) is 11.9 Å². The molecule has 5 heteroatoms. The van der Waals surface area contributed by atoms with Gasteiger partial charge in [-0.15, -0.1) is 0 Å². The fourth-order valence-electron chi connectivity index (χ4n) is 2.56. The Labute approximate surface area is 134 Å². The van der Waals surface area contributed by atoms with Crippen molar-refractivity contribution in [3.8, 4) is 5.75 Å². The fourth-order valence-corrected chi connectivity index (χ4v) is 2.94. The number of benzene rings is 1. The lowest BCUT2D eigenvalue weighted by Gasteiger charge is -2.31. The lowest BCUT2D eigenvalue weighted by atomic mass is 9.98. The average molecular weight is 356 g/mol. The molecular formula is C16H22BrNO3. The third-order valence-electron chi connectivity index (χ3n) is 3.60. The van der Waals surface area contributed by atoms with Gasteiger partial charge < -0.3 is 9.47 Å². The highest BCUT2D eigenvalue weighted by atomic mass is 79.9. The molecule has 0 aliphatic carbocycles. The summed E-state index contributed by atoms with van der Waals surface area (Å²) in [5.74, 6) is 0.822. The van der Waals surface area contributed by atoms with Crippen LogP contribution in [-0.4, -0.2) is 43.7 Å². The van der Waals surface area contributed by atoms with Crippen LogP contribution in [0.1, 0.15) is 19.8 Å². The molecule has 0 amide bonds. The molecule has 1 atom stereocenters. The van der Waals surface area contributed by atoms with E-state index in [1.54, 1.807) is 0 Å². The highest BCUT2D eigenvalue weighted by molar-refractivity contribution is 9.10. The smallest absolute Gasteiger partial charge is 0.310 e. The number of hydrogen-bond acceptors (Lipinski definition) is 4. The first kappa shape index (κ1) is 16.3. The molecule has 1 aromatic carbocycles. The van der Waals surface area contributed by atoms with Gasteiger partial charge in [-0.25, -0.2) is 0 Å². The number of piperidine rings is 1. The van der Waals surface area contributed by atoms with Gasteiger partial charge in [-0.3, -0.25) is 9.69 Å². The van der Waals surface area contributed by atoms with Gasteiger partial charge in [-0.05, 0) is 44.5 Å². The number of halogens is 1. The van der Waals surface area contributed by atoms with E-state index in [0.29, 0.717) is 13.2 Å². The molecule has 21 heavy (non-hydrogen) atoms. The van der Waals surface area contributed by atoms with Crippen molar-refractivity contribution in [2.45, 2.75) is 19.8 Å². The quantitative estimate of drug-likeness (QED) is 0.735. The first-order chi connectivity index (χ1) is 10.2. The van der Waals surface area contributed by atoms with Crippen molar-refractivity contribution in [2.24, 2.45) is 5.92 Å². The number of nitrogens with zero attached hydrogens (tertiary/aromatic N) is 1. The standard InChI is InChI=1S/C16H22BrNO3/c1-2-20-16(19)13-5-4-8-18(12-13)9-10-21-15-7-3-6-14(17)11-15/h3,6-7,11,13H,2,4-5,8-10,12H2,1H3. The molecule has 1 aliphatic heterocycles. The third-order valence-corrected chi connectivity index (χ3v) is 4.09. The Morgan fingerprint density at radius 3 is 3.10 bits per heavy atom. The fraction of sp³-hybridized carbons (Fsp3) is 0.562. The Morgan fingerprint density at radius 1 is 1.48 bits per heavy atom. The maximum Gasteiger partial charge on any atom is 0.310 e. The van der Waals surface area contributed by atoms with E-state index in [0.717, 1.165) is 42.7 Å². The van der Waals surface area contributed by atoms with Crippen molar-refractivity contribution in [2.75, 3.05) is 32.8 Å². The summed E-state index contributed by atoms with van der Waals surface area (Å²) in [5, 5.41) is 0. The molecule has 1 heterocycles. The van der Waals surface area contributed by atoms with Gasteiger partial charge in [-0.2, -0.15) is 0 Å². The summed E-state index contributed by atoms with van der Waals surface area (Å²) >= 11 is 3.43. The number of rotatable bonds is 6. The lowest BCUT2D eigenvalue weighted by Crippen LogP contribution is -2.41. The summed E-state index contributed by atoms with van der Waals surface area (Å²) in [4.78, 5) is 14.1. The lowest BCUT2D eigenvalue weighted by molar-refractivity contribution is -0.150. The second-order valence-electron chi connectivity index (χ2n) is 5.20. The average Bonchev–Trinajstić information content (AvgIpc) is 2.48. The van der Waals surface area contributed by atoms with Crippen LogP contribution in [0.2, 0.25) is 0 Å². The molecule has 0 aromatic heterocycles. The summed E-state index contributed by atoms with van der Waals surface area (Å²) in [6.07, 6.45) is 1.97. The van der Waals surface area contributed by atoms with Crippen LogP contribution in [0.4, 0.5) is 0 Å². The Morgan fingerprint density at radius 2 is 2.33 bits per heavy atom. The molecule has 1 fully saturated rings. The van der Waals surface area contributed by atoms with E-state index in [1.165, 1.54) is 0 Å². The van der Waals surface area contributed by atoms with Crippen LogP contribution in [0.25, 0.3) is 0 Å². The van der Waals surface area contributed by atoms with Gasteiger partial charge in [-0.1, -0.05) is 22.0 Å². The van der Waals surface area contributed by atoms with Gasteiger partial charge in [0.2, 0.25) is 0 Å². The minimum Gasteiger partial charge on any atom is -0.492 e. The summed E-state index contributed by atoms with van der Waals surface area (Å²) in [6.45, 7) is 5.58. The number of esters is 1. The van der Waals surface area contributed by atoms with Crippen LogP contribution >= 0.6 is 15.9 Å². The van der Waals surface area contributed by atoms with Crippen molar-refractivity contribution < 1.29 is 14.3 Å². The minimum absolute atomic E-state index is 0.0181. The summed E-state index contributed by atoms with van der Waals surface area (Å²) in [5.41, 5.74) is 0. The number of carbonyl (C=O) groups is 1. The molecule has 1 aliphatic rings. The number of carbonyl (C=O) groups excluding carboxylic acids is 1. The molecule has 1 aromatic rings. The predicted octanol–water partition coefficient (Wildman–Crippen LogP) is 3.10. The maximum atomic E-state index is 11.8. The van der Waals surface area contributed by atoms with Gasteiger partial charge in [0, 0.05) is 17.6 Å². The monoisotopic (exact) mass is 355 g/mol. The highest BCUT2D eigenvalue weighted by Gasteiger charge is 2.26. The topological polar surface area (TPSA) is 38.8 Å². The van der Waals surface area contributed by atoms with E-state index in [1.807, 2.05) is 31.2 Å². The zero-order valence-corrected chi connectivity index (χ0v) is 14.0. The van der Waals surface area contributed by atoms with Crippen molar-refractivity contribution in [1.29, 1.82) is 0 Å². The first-order valence-corrected chi connectivity index (χ1v) is 8.25. The highest BCUT2D eigenvalue weighted by Crippen LogP contribution is 2.19. The maximum absolute atomic E-state index is 11.8. The Bertz CT molecular complexity index is 467. The molecule has 2 rings (SSSR count). The van der Waals surface area contributed by atoms with E-state index in [4.69, 9.17) is 9.47 Å². The molecule has 1 unspecified atom stereocenters. The Hall–Kier alpha value is -1.07. The second kappa shape index (κ2) is 8.39. The molecule has 0 bridgehead atoms. The number of hydrogen-bond donors (Lipinski definition) is 0. The van der Waals surface area contributed by atoms with Crippen molar-refractivity contribution in [1.82, 2.24) is 4.90 Å². The van der Waals surface area contributed by atoms with E-state index in [2.05, 4.69) is 20.8 Å². The van der Waals surface area contributed by atoms with Gasteiger partial charge in [0.05, 0.1) is 12.5 Å². The van der Waals surface area contributed by atoms with Crippen LogP contribution in [0.3, 0.4) is 0 Å². The Balaban J connectivity index is 1.74. The molecular weight excluding hydrogens is 334 g/mol. The first-order valence-electron chi connectivity index (χ1n) is 7.46. The molecule has 0 spiro atoms. The molecule has 0 saturated carbocycles. The normalized spacial score (nSPS) is 19.2. The largest absolute Gasteiger partial charge is 0.492 e. The van der Waals surface area contributed by atoms with Gasteiger partial charge in [0.1, 0.15) is 12.4 Å². The summed E-state index contributed by atoms with van der Waals surface area (Å²) < 4.78 is 11.9. The van der Waals surface area contributed by atoms with E-state index < -0.39 is 0 Å². The van der Waals surface area contributed by atoms with Crippen molar-refractivity contribution in [3.63, 3.8) is 0 Å². The molecule has 0 N–H and O–H groups in total. The van der Waals surface area contributed by atoms with Crippen LogP contribution in [0.15, 0.2) is 28.7 Å². The van der Waals surface area contributed by atoms with Gasteiger partial charge in [0.15, 0.2) is 0 Å². The van der Waals surface area contributed by atoms with Crippen molar-refractivity contribution in [3.05, 3.63) is 28.7 Å². The Kier molecular flexibility index (Phi) is 6.51. The molecule has 4 nitrogen and oxygen atoms in total. The van der Waals surface area contributed by atoms with Crippen LogP contribution in [-0.2, 0) is 9.53 Å². The molecule has 0 radical (unpaired) electrons. The summed E-state index contributed by atoms with van der Waals surface area (Å²) in [6, 6.07) is 7.83. The molecule has 116 valence electrons. The van der Waals surface area contributed by atoms with Gasteiger partial charge in [0.25, 0.3) is 0 Å². The molecule has 1 saturated heterocycles.